The van der Waals surface area contributed by atoms with Crippen LogP contribution in [0, 0.1) is 5.41 Å². The zero-order valence-corrected chi connectivity index (χ0v) is 22.8. The smallest absolute Gasteiger partial charge is 0.303 e. The number of amides is 3. The summed E-state index contributed by atoms with van der Waals surface area (Å²) >= 11 is 1.64. The van der Waals surface area contributed by atoms with E-state index in [9.17, 15) is 24.3 Å². The molecule has 0 unspecified atom stereocenters. The number of fused-ring (bicyclic) bond motifs is 1. The molecule has 3 amide bonds. The van der Waals surface area contributed by atoms with Gasteiger partial charge in [-0.25, -0.2) is 0 Å². The Hall–Kier alpha value is -2.30. The van der Waals surface area contributed by atoms with Crippen LogP contribution in [0.15, 0.2) is 30.3 Å². The molecule has 4 N–H and O–H groups in total. The Labute approximate surface area is 222 Å². The van der Waals surface area contributed by atoms with E-state index in [1.54, 1.807) is 30.6 Å². The molecule has 9 nitrogen and oxygen atoms in total. The summed E-state index contributed by atoms with van der Waals surface area (Å²) in [6.07, 6.45) is 1.30. The average molecular weight is 541 g/mol. The van der Waals surface area contributed by atoms with Gasteiger partial charge in [-0.05, 0) is 50.0 Å². The molecule has 0 spiro atoms. The highest BCUT2D eigenvalue weighted by molar-refractivity contribution is 7.99. The van der Waals surface area contributed by atoms with Crippen molar-refractivity contribution in [2.75, 3.05) is 12.8 Å². The number of rotatable bonds is 9. The van der Waals surface area contributed by atoms with Crippen LogP contribution in [0.3, 0.4) is 0 Å². The molecule has 0 radical (unpaired) electrons. The number of carbonyl (C=O) groups is 4. The predicted molar refractivity (Wildman–Crippen MR) is 142 cm³/mol. The van der Waals surface area contributed by atoms with Crippen LogP contribution in [-0.2, 0) is 19.2 Å². The first kappa shape index (κ1) is 29.9. The number of likely N-dealkylation sites (N-methyl/N-ethyl adjacent to an activating group) is 1. The highest BCUT2D eigenvalue weighted by Gasteiger charge is 2.54. The van der Waals surface area contributed by atoms with Crippen LogP contribution in [-0.4, -0.2) is 70.0 Å². The summed E-state index contributed by atoms with van der Waals surface area (Å²) in [5, 5.41) is 17.8. The van der Waals surface area contributed by atoms with Crippen molar-refractivity contribution < 1.29 is 24.3 Å². The van der Waals surface area contributed by atoms with Gasteiger partial charge in [0.2, 0.25) is 17.7 Å². The number of nitrogens with zero attached hydrogens (tertiary/aromatic N) is 1. The van der Waals surface area contributed by atoms with Crippen LogP contribution in [0.4, 0.5) is 0 Å². The molecule has 3 rings (SSSR count). The van der Waals surface area contributed by atoms with Gasteiger partial charge in [0, 0.05) is 6.42 Å². The summed E-state index contributed by atoms with van der Waals surface area (Å²) in [4.78, 5) is 52.8. The highest BCUT2D eigenvalue weighted by Crippen LogP contribution is 2.46. The van der Waals surface area contributed by atoms with Crippen molar-refractivity contribution in [3.63, 3.8) is 0 Å². The monoisotopic (exact) mass is 540 g/mol. The van der Waals surface area contributed by atoms with Gasteiger partial charge in [-0.3, -0.25) is 19.2 Å². The molecular formula is C25H37ClN4O5S. The first-order valence-electron chi connectivity index (χ1n) is 12.0. The first-order chi connectivity index (χ1) is 16.5. The lowest BCUT2D eigenvalue weighted by atomic mass is 9.83. The molecule has 36 heavy (non-hydrogen) atoms. The van der Waals surface area contributed by atoms with Crippen LogP contribution in [0.1, 0.15) is 58.1 Å². The summed E-state index contributed by atoms with van der Waals surface area (Å²) in [5.74, 6) is -1.05. The number of hydrogen-bond acceptors (Lipinski definition) is 6. The number of thioether (sulfide) groups is 1. The minimum Gasteiger partial charge on any atom is -0.481 e. The van der Waals surface area contributed by atoms with E-state index in [2.05, 4.69) is 16.0 Å². The van der Waals surface area contributed by atoms with Crippen molar-refractivity contribution in [2.24, 2.45) is 5.41 Å². The molecule has 11 heteroatoms. The Bertz CT molecular complexity index is 948. The molecule has 2 saturated heterocycles. The predicted octanol–water partition coefficient (Wildman–Crippen LogP) is 2.31. The number of carbonyl (C=O) groups excluding carboxylic acids is 3. The maximum Gasteiger partial charge on any atom is 0.303 e. The number of nitrogens with one attached hydrogen (secondary N) is 3. The van der Waals surface area contributed by atoms with E-state index in [1.165, 1.54) is 0 Å². The van der Waals surface area contributed by atoms with Crippen LogP contribution in [0.25, 0.3) is 0 Å². The number of aliphatic carboxylic acids is 1. The highest BCUT2D eigenvalue weighted by atomic mass is 35.5. The number of benzene rings is 1. The quantitative estimate of drug-likeness (QED) is 0.378. The van der Waals surface area contributed by atoms with Gasteiger partial charge in [0.15, 0.2) is 0 Å². The molecule has 2 fully saturated rings. The second-order valence-electron chi connectivity index (χ2n) is 9.93. The second-order valence-corrected chi connectivity index (χ2v) is 11.2. The van der Waals surface area contributed by atoms with E-state index in [0.29, 0.717) is 18.6 Å². The minimum absolute atomic E-state index is 0. The van der Waals surface area contributed by atoms with Crippen LogP contribution >= 0.6 is 24.2 Å². The Morgan fingerprint density at radius 2 is 1.89 bits per heavy atom. The van der Waals surface area contributed by atoms with E-state index < -0.39 is 35.6 Å². The normalized spacial score (nSPS) is 24.5. The molecule has 1 aromatic rings. The summed E-state index contributed by atoms with van der Waals surface area (Å²) < 4.78 is 0. The SMILES string of the molecule is CN[C@@H](C)C(=O)N[C@H]1CCS[C@H]2CC(C)(C)[C@@H](C(=O)N[C@H](CCC(=O)O)c3ccccc3)N2C1=O.Cl. The first-order valence-corrected chi connectivity index (χ1v) is 13.1. The zero-order valence-electron chi connectivity index (χ0n) is 21.2. The Kier molecular flexibility index (Phi) is 10.6. The molecule has 2 aliphatic heterocycles. The molecule has 200 valence electrons. The third-order valence-electron chi connectivity index (χ3n) is 6.86. The van der Waals surface area contributed by atoms with E-state index in [4.69, 9.17) is 0 Å². The lowest BCUT2D eigenvalue weighted by molar-refractivity contribution is -0.144. The van der Waals surface area contributed by atoms with E-state index in [1.807, 2.05) is 44.2 Å². The van der Waals surface area contributed by atoms with Crippen molar-refractivity contribution in [3.8, 4) is 0 Å². The Morgan fingerprint density at radius 1 is 1.22 bits per heavy atom. The molecular weight excluding hydrogens is 504 g/mol. The van der Waals surface area contributed by atoms with Gasteiger partial charge in [-0.1, -0.05) is 44.2 Å². The topological polar surface area (TPSA) is 128 Å². The molecule has 0 bridgehead atoms. The van der Waals surface area contributed by atoms with Crippen LogP contribution in [0.2, 0.25) is 0 Å². The van der Waals surface area contributed by atoms with Gasteiger partial charge in [-0.15, -0.1) is 24.2 Å². The molecule has 2 heterocycles. The Balaban J connectivity index is 0.00000456. The zero-order chi connectivity index (χ0) is 25.8. The maximum absolute atomic E-state index is 13.7. The van der Waals surface area contributed by atoms with Crippen molar-refractivity contribution >= 4 is 47.9 Å². The summed E-state index contributed by atoms with van der Waals surface area (Å²) in [6.45, 7) is 5.68. The van der Waals surface area contributed by atoms with Gasteiger partial charge in [-0.2, -0.15) is 0 Å². The average Bonchev–Trinajstić information content (AvgIpc) is 3.01. The number of carboxylic acid groups (broad SMARTS) is 1. The number of carboxylic acids is 1. The molecule has 0 aromatic heterocycles. The number of halogens is 1. The Morgan fingerprint density at radius 3 is 2.50 bits per heavy atom. The van der Waals surface area contributed by atoms with E-state index in [-0.39, 0.29) is 48.3 Å². The molecule has 0 saturated carbocycles. The van der Waals surface area contributed by atoms with Gasteiger partial charge < -0.3 is 26.0 Å². The molecule has 5 atom stereocenters. The molecule has 1 aromatic carbocycles. The fourth-order valence-electron chi connectivity index (χ4n) is 4.81. The second kappa shape index (κ2) is 12.8. The lowest BCUT2D eigenvalue weighted by Gasteiger charge is -2.35. The van der Waals surface area contributed by atoms with Gasteiger partial charge in [0.05, 0.1) is 17.5 Å². The van der Waals surface area contributed by atoms with Gasteiger partial charge in [0.1, 0.15) is 12.1 Å². The van der Waals surface area contributed by atoms with Crippen molar-refractivity contribution in [3.05, 3.63) is 35.9 Å². The molecule has 0 aliphatic carbocycles. The third kappa shape index (κ3) is 6.92. The minimum atomic E-state index is -0.935. The van der Waals surface area contributed by atoms with Crippen LogP contribution < -0.4 is 16.0 Å². The standard InChI is InChI=1S/C25H36N4O5S.ClH/c1-15(26-4)22(32)28-18-12-13-35-19-14-25(2,3)21(29(19)24(18)34)23(33)27-17(10-11-20(30)31)16-8-6-5-7-9-16;/h5-9,15,17-19,21,26H,10-14H2,1-4H3,(H,27,33)(H,28,32)(H,30,31);1H/t15-,17+,18-,19-,21+;/m0./s1. The van der Waals surface area contributed by atoms with Crippen LogP contribution in [0.5, 0.6) is 0 Å². The van der Waals surface area contributed by atoms with Crippen molar-refractivity contribution in [2.45, 2.75) is 76.0 Å². The summed E-state index contributed by atoms with van der Waals surface area (Å²) in [5.41, 5.74) is 0.326. The van der Waals surface area contributed by atoms with Gasteiger partial charge >= 0.3 is 5.97 Å². The lowest BCUT2D eigenvalue weighted by Crippen LogP contribution is -2.58. The fourth-order valence-corrected chi connectivity index (χ4v) is 6.38. The van der Waals surface area contributed by atoms with Gasteiger partial charge in [0.25, 0.3) is 0 Å². The van der Waals surface area contributed by atoms with E-state index >= 15 is 0 Å². The maximum atomic E-state index is 13.7. The van der Waals surface area contributed by atoms with E-state index in [0.717, 1.165) is 5.56 Å². The fraction of sp³-hybridized carbons (Fsp3) is 0.600. The third-order valence-corrected chi connectivity index (χ3v) is 8.11. The van der Waals surface area contributed by atoms with Crippen molar-refractivity contribution in [1.29, 1.82) is 0 Å². The summed E-state index contributed by atoms with van der Waals surface area (Å²) in [6, 6.07) is 6.91. The largest absolute Gasteiger partial charge is 0.481 e. The summed E-state index contributed by atoms with van der Waals surface area (Å²) in [7, 11) is 1.68. The number of hydrogen-bond donors (Lipinski definition) is 4. The van der Waals surface area contributed by atoms with Crippen molar-refractivity contribution in [1.82, 2.24) is 20.9 Å². The molecule has 2 aliphatic rings.